The van der Waals surface area contributed by atoms with Crippen LogP contribution in [-0.2, 0) is 11.2 Å². The molecule has 0 aliphatic carbocycles. The molecule has 3 rings (SSSR count). The summed E-state index contributed by atoms with van der Waals surface area (Å²) >= 11 is 0. The number of aryl methyl sites for hydroxylation is 1. The van der Waals surface area contributed by atoms with E-state index in [0.717, 1.165) is 25.9 Å². The second-order valence-electron chi connectivity index (χ2n) is 5.68. The molecule has 2 N–H and O–H groups in total. The lowest BCUT2D eigenvalue weighted by Gasteiger charge is -2.41. The van der Waals surface area contributed by atoms with Gasteiger partial charge in [0.1, 0.15) is 0 Å². The number of rotatable bonds is 2. The summed E-state index contributed by atoms with van der Waals surface area (Å²) in [5.74, 6) is 0.250. The first-order valence-corrected chi connectivity index (χ1v) is 6.82. The average Bonchev–Trinajstić information content (AvgIpc) is 2.92. The van der Waals surface area contributed by atoms with Crippen LogP contribution in [0.1, 0.15) is 25.3 Å². The van der Waals surface area contributed by atoms with Gasteiger partial charge in [-0.3, -0.25) is 0 Å². The minimum Gasteiger partial charge on any atom is -0.388 e. The third-order valence-electron chi connectivity index (χ3n) is 4.51. The summed E-state index contributed by atoms with van der Waals surface area (Å²) in [7, 11) is 0. The van der Waals surface area contributed by atoms with E-state index in [4.69, 9.17) is 4.74 Å². The minimum absolute atomic E-state index is 0.124. The topological polar surface area (TPSA) is 41.5 Å². The molecule has 2 aliphatic heterocycles. The van der Waals surface area contributed by atoms with E-state index in [1.165, 1.54) is 11.3 Å². The molecule has 1 aromatic rings. The van der Waals surface area contributed by atoms with Crippen molar-refractivity contribution in [3.05, 3.63) is 29.8 Å². The number of anilines is 1. The van der Waals surface area contributed by atoms with Crippen LogP contribution in [-0.4, -0.2) is 30.0 Å². The normalized spacial score (nSPS) is 30.3. The lowest BCUT2D eigenvalue weighted by molar-refractivity contribution is -0.0239. The number of ether oxygens (including phenoxy) is 1. The third kappa shape index (κ3) is 2.02. The fourth-order valence-electron chi connectivity index (χ4n) is 3.16. The van der Waals surface area contributed by atoms with Gasteiger partial charge in [-0.25, -0.2) is 0 Å². The van der Waals surface area contributed by atoms with Crippen LogP contribution in [0.25, 0.3) is 0 Å². The second kappa shape index (κ2) is 4.56. The highest BCUT2D eigenvalue weighted by atomic mass is 16.5. The largest absolute Gasteiger partial charge is 0.388 e. The molecule has 3 atom stereocenters. The highest BCUT2D eigenvalue weighted by Crippen LogP contribution is 2.35. The monoisotopic (exact) mass is 247 g/mol. The van der Waals surface area contributed by atoms with E-state index in [-0.39, 0.29) is 12.0 Å². The van der Waals surface area contributed by atoms with Crippen LogP contribution in [0.2, 0.25) is 0 Å². The molecule has 98 valence electrons. The Labute approximate surface area is 108 Å². The van der Waals surface area contributed by atoms with Crippen molar-refractivity contribution in [2.24, 2.45) is 5.92 Å². The van der Waals surface area contributed by atoms with Crippen LogP contribution < -0.4 is 5.32 Å². The maximum Gasteiger partial charge on any atom is 0.0870 e. The van der Waals surface area contributed by atoms with Crippen LogP contribution in [0.3, 0.4) is 0 Å². The number of para-hydroxylation sites is 1. The van der Waals surface area contributed by atoms with Crippen molar-refractivity contribution in [2.45, 2.75) is 37.8 Å². The number of aliphatic hydroxyl groups is 1. The van der Waals surface area contributed by atoms with Gasteiger partial charge in [0, 0.05) is 18.2 Å². The molecular weight excluding hydrogens is 226 g/mol. The minimum atomic E-state index is -0.690. The van der Waals surface area contributed by atoms with Gasteiger partial charge in [0.2, 0.25) is 0 Å². The maximum atomic E-state index is 10.8. The molecule has 3 unspecified atom stereocenters. The molecule has 0 bridgehead atoms. The van der Waals surface area contributed by atoms with Gasteiger partial charge in [-0.05, 0) is 37.8 Å². The van der Waals surface area contributed by atoms with Gasteiger partial charge in [-0.1, -0.05) is 18.2 Å². The number of fused-ring (bicyclic) bond motifs is 1. The average molecular weight is 247 g/mol. The molecule has 2 heterocycles. The zero-order valence-electron chi connectivity index (χ0n) is 10.9. The molecule has 0 spiro atoms. The maximum absolute atomic E-state index is 10.8. The van der Waals surface area contributed by atoms with Crippen molar-refractivity contribution in [2.75, 3.05) is 18.5 Å². The molecule has 0 radical (unpaired) electrons. The first-order chi connectivity index (χ1) is 8.68. The van der Waals surface area contributed by atoms with E-state index in [9.17, 15) is 5.11 Å². The fourth-order valence-corrected chi connectivity index (χ4v) is 3.16. The Hall–Kier alpha value is -1.06. The Kier molecular flexibility index (Phi) is 3.04. The Morgan fingerprint density at radius 3 is 2.94 bits per heavy atom. The van der Waals surface area contributed by atoms with Gasteiger partial charge in [0.05, 0.1) is 18.2 Å². The van der Waals surface area contributed by atoms with Crippen molar-refractivity contribution in [3.63, 3.8) is 0 Å². The Balaban J connectivity index is 1.78. The zero-order chi connectivity index (χ0) is 12.6. The Morgan fingerprint density at radius 2 is 2.17 bits per heavy atom. The van der Waals surface area contributed by atoms with Gasteiger partial charge in [-0.15, -0.1) is 0 Å². The highest BCUT2D eigenvalue weighted by molar-refractivity contribution is 5.54. The van der Waals surface area contributed by atoms with Gasteiger partial charge >= 0.3 is 0 Å². The number of hydrogen-bond acceptors (Lipinski definition) is 3. The highest BCUT2D eigenvalue weighted by Gasteiger charge is 2.42. The molecular formula is C15H21NO2. The molecule has 0 aromatic heterocycles. The summed E-state index contributed by atoms with van der Waals surface area (Å²) in [6, 6.07) is 8.50. The summed E-state index contributed by atoms with van der Waals surface area (Å²) in [6.45, 7) is 3.43. The van der Waals surface area contributed by atoms with Crippen molar-refractivity contribution in [1.29, 1.82) is 0 Å². The van der Waals surface area contributed by atoms with Crippen LogP contribution >= 0.6 is 0 Å². The molecule has 1 fully saturated rings. The van der Waals surface area contributed by atoms with E-state index in [1.807, 2.05) is 13.0 Å². The van der Waals surface area contributed by atoms with Gasteiger partial charge < -0.3 is 15.2 Å². The predicted molar refractivity (Wildman–Crippen MR) is 71.7 cm³/mol. The van der Waals surface area contributed by atoms with Gasteiger partial charge in [-0.2, -0.15) is 0 Å². The standard InChI is InChI=1S/C15H21NO2/c1-15(17,12-8-9-18-10-12)14-7-6-11-4-2-3-5-13(11)16-14/h2-5,12,14,16-17H,6-10H2,1H3. The summed E-state index contributed by atoms with van der Waals surface area (Å²) in [5, 5.41) is 14.3. The van der Waals surface area contributed by atoms with E-state index in [1.54, 1.807) is 0 Å². The lowest BCUT2D eigenvalue weighted by Crippen LogP contribution is -2.51. The first kappa shape index (κ1) is 12.0. The zero-order valence-corrected chi connectivity index (χ0v) is 10.9. The summed E-state index contributed by atoms with van der Waals surface area (Å²) in [5.41, 5.74) is 1.84. The van der Waals surface area contributed by atoms with E-state index < -0.39 is 5.60 Å². The Bertz CT molecular complexity index is 424. The molecule has 1 aromatic carbocycles. The summed E-state index contributed by atoms with van der Waals surface area (Å²) < 4.78 is 5.42. The smallest absolute Gasteiger partial charge is 0.0870 e. The van der Waals surface area contributed by atoms with Crippen molar-refractivity contribution < 1.29 is 9.84 Å². The summed E-state index contributed by atoms with van der Waals surface area (Å²) in [4.78, 5) is 0. The molecule has 3 nitrogen and oxygen atoms in total. The molecule has 0 saturated carbocycles. The van der Waals surface area contributed by atoms with Gasteiger partial charge in [0.15, 0.2) is 0 Å². The number of hydrogen-bond donors (Lipinski definition) is 2. The van der Waals surface area contributed by atoms with Crippen LogP contribution in [0.4, 0.5) is 5.69 Å². The van der Waals surface area contributed by atoms with E-state index >= 15 is 0 Å². The van der Waals surface area contributed by atoms with Crippen molar-refractivity contribution in [3.8, 4) is 0 Å². The number of nitrogens with one attached hydrogen (secondary N) is 1. The second-order valence-corrected chi connectivity index (χ2v) is 5.68. The quantitative estimate of drug-likeness (QED) is 0.842. The third-order valence-corrected chi connectivity index (χ3v) is 4.51. The fraction of sp³-hybridized carbons (Fsp3) is 0.600. The molecule has 2 aliphatic rings. The van der Waals surface area contributed by atoms with Crippen molar-refractivity contribution >= 4 is 5.69 Å². The SMILES string of the molecule is CC(O)(C1CCOC1)C1CCc2ccccc2N1. The van der Waals surface area contributed by atoms with E-state index in [0.29, 0.717) is 6.61 Å². The molecule has 1 saturated heterocycles. The van der Waals surface area contributed by atoms with Crippen molar-refractivity contribution in [1.82, 2.24) is 0 Å². The predicted octanol–water partition coefficient (Wildman–Crippen LogP) is 2.20. The lowest BCUT2D eigenvalue weighted by atomic mass is 9.78. The van der Waals surface area contributed by atoms with Gasteiger partial charge in [0.25, 0.3) is 0 Å². The van der Waals surface area contributed by atoms with Crippen LogP contribution in [0, 0.1) is 5.92 Å². The van der Waals surface area contributed by atoms with E-state index in [2.05, 4.69) is 23.5 Å². The number of benzene rings is 1. The Morgan fingerprint density at radius 1 is 1.33 bits per heavy atom. The molecule has 18 heavy (non-hydrogen) atoms. The molecule has 3 heteroatoms. The summed E-state index contributed by atoms with van der Waals surface area (Å²) in [6.07, 6.45) is 2.99. The molecule has 0 amide bonds. The van der Waals surface area contributed by atoms with Crippen LogP contribution in [0.5, 0.6) is 0 Å². The first-order valence-electron chi connectivity index (χ1n) is 6.82. The van der Waals surface area contributed by atoms with Crippen LogP contribution in [0.15, 0.2) is 24.3 Å².